The summed E-state index contributed by atoms with van der Waals surface area (Å²) in [6, 6.07) is 3.81. The number of carbonyl (C=O) groups excluding carboxylic acids is 1. The monoisotopic (exact) mass is 318 g/mol. The Morgan fingerprint density at radius 1 is 1.48 bits per heavy atom. The molecule has 3 heterocycles. The molecule has 0 aromatic carbocycles. The summed E-state index contributed by atoms with van der Waals surface area (Å²) in [6.45, 7) is 3.17. The highest BCUT2D eigenvalue weighted by Gasteiger charge is 2.44. The first-order chi connectivity index (χ1) is 11.2. The Hall–Kier alpha value is -1.46. The Bertz CT molecular complexity index is 522. The lowest BCUT2D eigenvalue weighted by molar-refractivity contribution is -0.138. The van der Waals surface area contributed by atoms with Crippen LogP contribution in [0.3, 0.4) is 0 Å². The van der Waals surface area contributed by atoms with Crippen molar-refractivity contribution in [2.24, 2.45) is 5.92 Å². The van der Waals surface area contributed by atoms with Crippen LogP contribution >= 0.6 is 0 Å². The Morgan fingerprint density at radius 3 is 3.09 bits per heavy atom. The Labute approximate surface area is 138 Å². The minimum absolute atomic E-state index is 0.120. The number of nitrogens with zero attached hydrogens (tertiary/aromatic N) is 2. The van der Waals surface area contributed by atoms with Gasteiger partial charge in [0.05, 0.1) is 18.6 Å². The van der Waals surface area contributed by atoms with Gasteiger partial charge in [-0.25, -0.2) is 0 Å². The summed E-state index contributed by atoms with van der Waals surface area (Å²) in [5.74, 6) is 0.754. The maximum Gasteiger partial charge on any atom is 0.227 e. The van der Waals surface area contributed by atoms with Crippen molar-refractivity contribution in [2.75, 3.05) is 33.4 Å². The van der Waals surface area contributed by atoms with E-state index in [0.29, 0.717) is 12.3 Å². The summed E-state index contributed by atoms with van der Waals surface area (Å²) >= 11 is 0. The molecule has 23 heavy (non-hydrogen) atoms. The molecule has 1 aromatic heterocycles. The molecule has 1 spiro atoms. The Morgan fingerprint density at radius 2 is 2.30 bits per heavy atom. The molecular weight excluding hydrogens is 292 g/mol. The molecule has 5 nitrogen and oxygen atoms in total. The van der Waals surface area contributed by atoms with Crippen LogP contribution in [0.5, 0.6) is 0 Å². The van der Waals surface area contributed by atoms with Crippen molar-refractivity contribution in [3.8, 4) is 0 Å². The van der Waals surface area contributed by atoms with Gasteiger partial charge in [0.1, 0.15) is 0 Å². The van der Waals surface area contributed by atoms with Gasteiger partial charge in [0.2, 0.25) is 5.91 Å². The van der Waals surface area contributed by atoms with E-state index in [2.05, 4.69) is 4.98 Å². The average Bonchev–Trinajstić information content (AvgIpc) is 2.96. The van der Waals surface area contributed by atoms with Crippen LogP contribution in [0.15, 0.2) is 24.5 Å². The van der Waals surface area contributed by atoms with Gasteiger partial charge in [-0.15, -0.1) is 0 Å². The highest BCUT2D eigenvalue weighted by Crippen LogP contribution is 2.38. The van der Waals surface area contributed by atoms with E-state index in [4.69, 9.17) is 9.47 Å². The van der Waals surface area contributed by atoms with Gasteiger partial charge >= 0.3 is 0 Å². The Balaban J connectivity index is 1.57. The summed E-state index contributed by atoms with van der Waals surface area (Å²) in [6.07, 6.45) is 8.11. The molecule has 2 aliphatic heterocycles. The van der Waals surface area contributed by atoms with Crippen molar-refractivity contribution in [2.45, 2.75) is 37.7 Å². The zero-order chi connectivity index (χ0) is 16.1. The Kier molecular flexibility index (Phi) is 5.28. The first-order valence-corrected chi connectivity index (χ1v) is 8.50. The number of carbonyl (C=O) groups is 1. The molecule has 0 aliphatic carbocycles. The van der Waals surface area contributed by atoms with Crippen molar-refractivity contribution in [3.05, 3.63) is 30.1 Å². The molecule has 1 amide bonds. The predicted molar refractivity (Wildman–Crippen MR) is 87.0 cm³/mol. The lowest BCUT2D eigenvalue weighted by Crippen LogP contribution is -2.50. The molecule has 2 fully saturated rings. The molecule has 5 heteroatoms. The van der Waals surface area contributed by atoms with Gasteiger partial charge in [0.25, 0.3) is 0 Å². The van der Waals surface area contributed by atoms with Gasteiger partial charge in [-0.2, -0.15) is 0 Å². The van der Waals surface area contributed by atoms with Crippen LogP contribution in [-0.2, 0) is 20.7 Å². The minimum Gasteiger partial charge on any atom is -0.385 e. The molecule has 2 aliphatic rings. The third-order valence-electron chi connectivity index (χ3n) is 5.01. The SMILES string of the molecule is COCC[C@H]1CO[C@]2(CCCN(C(=O)Cc3ccncc3)C2)C1. The molecule has 0 N–H and O–H groups in total. The second kappa shape index (κ2) is 7.41. The van der Waals surface area contributed by atoms with Crippen LogP contribution in [0.2, 0.25) is 0 Å². The number of hydrogen-bond donors (Lipinski definition) is 0. The van der Waals surface area contributed by atoms with Gasteiger partial charge in [-0.3, -0.25) is 9.78 Å². The standard InChI is InChI=1S/C18H26N2O3/c1-22-10-5-16-12-18(23-13-16)6-2-9-20(14-18)17(21)11-15-3-7-19-8-4-15/h3-4,7-8,16H,2,5-6,9-14H2,1H3/t16-,18-/m1/s1. The molecule has 2 saturated heterocycles. The molecular formula is C18H26N2O3. The van der Waals surface area contributed by atoms with E-state index in [-0.39, 0.29) is 11.5 Å². The van der Waals surface area contributed by atoms with E-state index in [1.54, 1.807) is 19.5 Å². The topological polar surface area (TPSA) is 51.7 Å². The number of pyridine rings is 1. The molecule has 0 radical (unpaired) electrons. The van der Waals surface area contributed by atoms with Crippen molar-refractivity contribution >= 4 is 5.91 Å². The number of ether oxygens (including phenoxy) is 2. The third kappa shape index (κ3) is 4.09. The molecule has 0 saturated carbocycles. The first-order valence-electron chi connectivity index (χ1n) is 8.50. The number of piperidine rings is 1. The van der Waals surface area contributed by atoms with E-state index in [1.165, 1.54) is 0 Å². The summed E-state index contributed by atoms with van der Waals surface area (Å²) in [5, 5.41) is 0. The third-order valence-corrected chi connectivity index (χ3v) is 5.01. The summed E-state index contributed by atoms with van der Waals surface area (Å²) < 4.78 is 11.3. The number of methoxy groups -OCH3 is 1. The minimum atomic E-state index is -0.120. The van der Waals surface area contributed by atoms with Gasteiger partial charge < -0.3 is 14.4 Å². The number of rotatable bonds is 5. The molecule has 1 aromatic rings. The number of aromatic nitrogens is 1. The van der Waals surface area contributed by atoms with Crippen LogP contribution < -0.4 is 0 Å². The first kappa shape index (κ1) is 16.4. The highest BCUT2D eigenvalue weighted by atomic mass is 16.5. The summed E-state index contributed by atoms with van der Waals surface area (Å²) in [4.78, 5) is 18.6. The lowest BCUT2D eigenvalue weighted by Gasteiger charge is -2.40. The van der Waals surface area contributed by atoms with E-state index < -0.39 is 0 Å². The number of hydrogen-bond acceptors (Lipinski definition) is 4. The molecule has 2 atom stereocenters. The van der Waals surface area contributed by atoms with E-state index >= 15 is 0 Å². The van der Waals surface area contributed by atoms with Crippen molar-refractivity contribution in [3.63, 3.8) is 0 Å². The van der Waals surface area contributed by atoms with Gasteiger partial charge in [0, 0.05) is 39.2 Å². The fraction of sp³-hybridized carbons (Fsp3) is 0.667. The molecule has 0 bridgehead atoms. The highest BCUT2D eigenvalue weighted by molar-refractivity contribution is 5.79. The smallest absolute Gasteiger partial charge is 0.227 e. The van der Waals surface area contributed by atoms with Crippen LogP contribution in [0.1, 0.15) is 31.2 Å². The van der Waals surface area contributed by atoms with Crippen LogP contribution in [0.4, 0.5) is 0 Å². The van der Waals surface area contributed by atoms with Gasteiger partial charge in [-0.05, 0) is 49.3 Å². The zero-order valence-electron chi connectivity index (χ0n) is 13.9. The second-order valence-corrected chi connectivity index (χ2v) is 6.80. The fourth-order valence-corrected chi connectivity index (χ4v) is 3.79. The van der Waals surface area contributed by atoms with Crippen molar-refractivity contribution in [1.82, 2.24) is 9.88 Å². The van der Waals surface area contributed by atoms with Crippen LogP contribution in [-0.4, -0.2) is 54.8 Å². The van der Waals surface area contributed by atoms with Crippen LogP contribution in [0, 0.1) is 5.92 Å². The zero-order valence-corrected chi connectivity index (χ0v) is 13.9. The quantitative estimate of drug-likeness (QED) is 0.834. The van der Waals surface area contributed by atoms with Gasteiger partial charge in [-0.1, -0.05) is 0 Å². The van der Waals surface area contributed by atoms with Crippen molar-refractivity contribution < 1.29 is 14.3 Å². The normalized spacial score (nSPS) is 27.5. The number of likely N-dealkylation sites (tertiary alicyclic amines) is 1. The van der Waals surface area contributed by atoms with E-state index in [1.807, 2.05) is 17.0 Å². The largest absolute Gasteiger partial charge is 0.385 e. The number of amides is 1. The molecule has 126 valence electrons. The fourth-order valence-electron chi connectivity index (χ4n) is 3.79. The summed E-state index contributed by atoms with van der Waals surface area (Å²) in [7, 11) is 1.74. The summed E-state index contributed by atoms with van der Waals surface area (Å²) in [5.41, 5.74) is 0.903. The molecule has 3 rings (SSSR count). The second-order valence-electron chi connectivity index (χ2n) is 6.80. The van der Waals surface area contributed by atoms with E-state index in [9.17, 15) is 4.79 Å². The van der Waals surface area contributed by atoms with Crippen LogP contribution in [0.25, 0.3) is 0 Å². The van der Waals surface area contributed by atoms with Gasteiger partial charge in [0.15, 0.2) is 0 Å². The van der Waals surface area contributed by atoms with Crippen molar-refractivity contribution in [1.29, 1.82) is 0 Å². The average molecular weight is 318 g/mol. The van der Waals surface area contributed by atoms with E-state index in [0.717, 1.165) is 57.6 Å². The maximum atomic E-state index is 12.6. The predicted octanol–water partition coefficient (Wildman–Crippen LogP) is 2.06. The molecule has 0 unspecified atom stereocenters. The lowest BCUT2D eigenvalue weighted by atomic mass is 9.85. The maximum absolute atomic E-state index is 12.6.